The van der Waals surface area contributed by atoms with Gasteiger partial charge >= 0.3 is 0 Å². The molecule has 1 N–H and O–H groups in total. The van der Waals surface area contributed by atoms with Crippen molar-refractivity contribution in [3.8, 4) is 0 Å². The first-order valence-electron chi connectivity index (χ1n) is 6.55. The molecule has 1 aliphatic rings. The monoisotopic (exact) mass is 213 g/mol. The van der Waals surface area contributed by atoms with E-state index in [-0.39, 0.29) is 0 Å². The first kappa shape index (κ1) is 13.0. The lowest BCUT2D eigenvalue weighted by Crippen LogP contribution is -2.43. The largest absolute Gasteiger partial charge is 0.383 e. The summed E-state index contributed by atoms with van der Waals surface area (Å²) in [5.41, 5.74) is 0. The van der Waals surface area contributed by atoms with Gasteiger partial charge in [-0.3, -0.25) is 0 Å². The molecule has 1 saturated carbocycles. The van der Waals surface area contributed by atoms with Crippen molar-refractivity contribution in [1.82, 2.24) is 5.32 Å². The van der Waals surface area contributed by atoms with Gasteiger partial charge in [0.2, 0.25) is 0 Å². The summed E-state index contributed by atoms with van der Waals surface area (Å²) in [6, 6.07) is 1.29. The van der Waals surface area contributed by atoms with Crippen molar-refractivity contribution in [2.45, 2.75) is 64.5 Å². The molecular weight excluding hydrogens is 186 g/mol. The van der Waals surface area contributed by atoms with Crippen LogP contribution in [0.5, 0.6) is 0 Å². The highest BCUT2D eigenvalue weighted by Crippen LogP contribution is 2.26. The van der Waals surface area contributed by atoms with Crippen molar-refractivity contribution in [2.75, 3.05) is 13.7 Å². The molecule has 0 saturated heterocycles. The number of ether oxygens (including phenoxy) is 1. The Kier molecular flexibility index (Phi) is 6.26. The topological polar surface area (TPSA) is 21.3 Å². The molecular formula is C13H27NO. The van der Waals surface area contributed by atoms with E-state index in [1.807, 2.05) is 0 Å². The molecule has 2 nitrogen and oxygen atoms in total. The predicted molar refractivity (Wildman–Crippen MR) is 65.1 cm³/mol. The Morgan fingerprint density at radius 1 is 1.33 bits per heavy atom. The van der Waals surface area contributed by atoms with Crippen molar-refractivity contribution in [2.24, 2.45) is 5.92 Å². The number of rotatable bonds is 6. The summed E-state index contributed by atoms with van der Waals surface area (Å²) >= 11 is 0. The van der Waals surface area contributed by atoms with Crippen LogP contribution in [0.4, 0.5) is 0 Å². The van der Waals surface area contributed by atoms with Crippen molar-refractivity contribution >= 4 is 0 Å². The van der Waals surface area contributed by atoms with E-state index >= 15 is 0 Å². The van der Waals surface area contributed by atoms with Crippen LogP contribution < -0.4 is 5.32 Å². The van der Waals surface area contributed by atoms with Gasteiger partial charge in [-0.2, -0.15) is 0 Å². The molecule has 3 unspecified atom stereocenters. The maximum atomic E-state index is 5.23. The van der Waals surface area contributed by atoms with Crippen LogP contribution in [0.15, 0.2) is 0 Å². The number of hydrogen-bond acceptors (Lipinski definition) is 2. The van der Waals surface area contributed by atoms with Crippen LogP contribution in [0.25, 0.3) is 0 Å². The van der Waals surface area contributed by atoms with E-state index in [0.29, 0.717) is 6.04 Å². The second-order valence-electron chi connectivity index (χ2n) is 4.86. The lowest BCUT2D eigenvalue weighted by Gasteiger charge is -2.32. The van der Waals surface area contributed by atoms with Gasteiger partial charge in [-0.05, 0) is 25.2 Å². The number of methoxy groups -OCH3 is 1. The highest BCUT2D eigenvalue weighted by atomic mass is 16.5. The second kappa shape index (κ2) is 7.24. The van der Waals surface area contributed by atoms with Crippen molar-refractivity contribution in [1.29, 1.82) is 0 Å². The van der Waals surface area contributed by atoms with Crippen molar-refractivity contribution in [3.63, 3.8) is 0 Å². The first-order chi connectivity index (χ1) is 7.30. The van der Waals surface area contributed by atoms with E-state index in [9.17, 15) is 0 Å². The predicted octanol–water partition coefficient (Wildman–Crippen LogP) is 2.97. The average molecular weight is 213 g/mol. The fourth-order valence-electron chi connectivity index (χ4n) is 2.63. The van der Waals surface area contributed by atoms with E-state index in [2.05, 4.69) is 19.2 Å². The molecule has 90 valence electrons. The lowest BCUT2D eigenvalue weighted by atomic mass is 9.84. The molecule has 15 heavy (non-hydrogen) atoms. The Bertz CT molecular complexity index is 161. The van der Waals surface area contributed by atoms with Gasteiger partial charge in [0.25, 0.3) is 0 Å². The molecule has 0 aromatic rings. The molecule has 2 heteroatoms. The second-order valence-corrected chi connectivity index (χ2v) is 4.86. The summed E-state index contributed by atoms with van der Waals surface area (Å²) in [6.07, 6.45) is 8.09. The summed E-state index contributed by atoms with van der Waals surface area (Å²) in [7, 11) is 1.79. The maximum Gasteiger partial charge on any atom is 0.0615 e. The maximum absolute atomic E-state index is 5.23. The van der Waals surface area contributed by atoms with Gasteiger partial charge in [0.1, 0.15) is 0 Å². The normalized spacial score (nSPS) is 29.0. The number of hydrogen-bond donors (Lipinski definition) is 1. The van der Waals surface area contributed by atoms with Gasteiger partial charge in [0.15, 0.2) is 0 Å². The zero-order chi connectivity index (χ0) is 11.1. The number of nitrogens with one attached hydrogen (secondary N) is 1. The smallest absolute Gasteiger partial charge is 0.0615 e. The summed E-state index contributed by atoms with van der Waals surface area (Å²) in [6.45, 7) is 5.40. The Hall–Kier alpha value is -0.0800. The van der Waals surface area contributed by atoms with Gasteiger partial charge in [-0.25, -0.2) is 0 Å². The van der Waals surface area contributed by atoms with E-state index in [0.717, 1.165) is 18.6 Å². The fraction of sp³-hybridized carbons (Fsp3) is 1.00. The molecule has 0 radical (unpaired) electrons. The summed E-state index contributed by atoms with van der Waals surface area (Å²) in [4.78, 5) is 0. The Morgan fingerprint density at radius 2 is 2.13 bits per heavy atom. The van der Waals surface area contributed by atoms with Crippen LogP contribution in [0.2, 0.25) is 0 Å². The molecule has 1 aliphatic carbocycles. The van der Waals surface area contributed by atoms with Crippen LogP contribution in [0, 0.1) is 5.92 Å². The quantitative estimate of drug-likeness (QED) is 0.732. The Balaban J connectivity index is 2.29. The van der Waals surface area contributed by atoms with Crippen molar-refractivity contribution < 1.29 is 4.74 Å². The molecule has 0 aliphatic heterocycles. The van der Waals surface area contributed by atoms with Crippen LogP contribution in [-0.2, 0) is 4.74 Å². The van der Waals surface area contributed by atoms with E-state index < -0.39 is 0 Å². The zero-order valence-corrected chi connectivity index (χ0v) is 10.6. The van der Waals surface area contributed by atoms with Crippen LogP contribution in [0.1, 0.15) is 52.4 Å². The zero-order valence-electron chi connectivity index (χ0n) is 10.6. The van der Waals surface area contributed by atoms with E-state index in [1.165, 1.54) is 38.5 Å². The molecule has 3 atom stereocenters. The first-order valence-corrected chi connectivity index (χ1v) is 6.55. The standard InChI is InChI=1S/C13H27NO/c1-4-11-7-6-8-13(9-11)14-12(5-2)10-15-3/h11-14H,4-10H2,1-3H3. The molecule has 0 bridgehead atoms. The summed E-state index contributed by atoms with van der Waals surface area (Å²) in [5, 5.41) is 3.75. The third-order valence-corrected chi connectivity index (χ3v) is 3.69. The van der Waals surface area contributed by atoms with E-state index in [4.69, 9.17) is 4.74 Å². The average Bonchev–Trinajstić information content (AvgIpc) is 2.29. The molecule has 0 aromatic heterocycles. The van der Waals surface area contributed by atoms with Gasteiger partial charge < -0.3 is 10.1 Å². The Morgan fingerprint density at radius 3 is 2.73 bits per heavy atom. The highest BCUT2D eigenvalue weighted by molar-refractivity contribution is 4.80. The van der Waals surface area contributed by atoms with Gasteiger partial charge in [0, 0.05) is 19.2 Å². The molecule has 1 rings (SSSR count). The molecule has 1 fully saturated rings. The van der Waals surface area contributed by atoms with Gasteiger partial charge in [0.05, 0.1) is 6.61 Å². The van der Waals surface area contributed by atoms with Crippen molar-refractivity contribution in [3.05, 3.63) is 0 Å². The van der Waals surface area contributed by atoms with Gasteiger partial charge in [-0.1, -0.05) is 33.1 Å². The van der Waals surface area contributed by atoms with Crippen LogP contribution >= 0.6 is 0 Å². The third-order valence-electron chi connectivity index (χ3n) is 3.69. The summed E-state index contributed by atoms with van der Waals surface area (Å²) < 4.78 is 5.23. The highest BCUT2D eigenvalue weighted by Gasteiger charge is 2.22. The minimum absolute atomic E-state index is 0.551. The minimum atomic E-state index is 0.551. The van der Waals surface area contributed by atoms with Crippen LogP contribution in [-0.4, -0.2) is 25.8 Å². The minimum Gasteiger partial charge on any atom is -0.383 e. The molecule has 0 aromatic carbocycles. The SMILES string of the molecule is CCC1CCCC(NC(CC)COC)C1. The molecule has 0 amide bonds. The van der Waals surface area contributed by atoms with Gasteiger partial charge in [-0.15, -0.1) is 0 Å². The third kappa shape index (κ3) is 4.52. The fourth-order valence-corrected chi connectivity index (χ4v) is 2.63. The van der Waals surface area contributed by atoms with E-state index in [1.54, 1.807) is 7.11 Å². The van der Waals surface area contributed by atoms with Crippen LogP contribution in [0.3, 0.4) is 0 Å². The molecule has 0 spiro atoms. The lowest BCUT2D eigenvalue weighted by molar-refractivity contribution is 0.148. The summed E-state index contributed by atoms with van der Waals surface area (Å²) in [5.74, 6) is 0.955. The Labute approximate surface area is 94.8 Å². The molecule has 0 heterocycles.